The molecule has 3 N–H and O–H groups in total. The molecule has 0 radical (unpaired) electrons. The maximum Gasteiger partial charge on any atom is 0.185 e. The number of benzene rings is 1. The summed E-state index contributed by atoms with van der Waals surface area (Å²) in [5.74, 6) is 0.584. The maximum atomic E-state index is 12.2. The van der Waals surface area contributed by atoms with Crippen LogP contribution in [-0.4, -0.2) is 24.1 Å². The molecule has 2 rings (SSSR count). The molecule has 0 saturated heterocycles. The van der Waals surface area contributed by atoms with Crippen molar-refractivity contribution in [2.24, 2.45) is 11.7 Å². The van der Waals surface area contributed by atoms with Gasteiger partial charge < -0.3 is 15.6 Å². The lowest BCUT2D eigenvalue weighted by Gasteiger charge is -2.38. The molecule has 3 atom stereocenters. The van der Waals surface area contributed by atoms with Crippen LogP contribution in [0, 0.1) is 5.92 Å². The van der Waals surface area contributed by atoms with Gasteiger partial charge in [0, 0.05) is 0 Å². The first-order valence-electron chi connectivity index (χ1n) is 6.13. The van der Waals surface area contributed by atoms with E-state index in [4.69, 9.17) is 10.5 Å². The zero-order valence-electron chi connectivity index (χ0n) is 10.7. The number of carbonyl (C=O) groups is 1. The van der Waals surface area contributed by atoms with Gasteiger partial charge >= 0.3 is 0 Å². The first-order chi connectivity index (χ1) is 8.47. The topological polar surface area (TPSA) is 72.6 Å². The van der Waals surface area contributed by atoms with Crippen molar-refractivity contribution in [1.29, 1.82) is 0 Å². The summed E-state index contributed by atoms with van der Waals surface area (Å²) in [7, 11) is 1.57. The number of aliphatic hydroxyl groups excluding tert-OH is 1. The molecule has 98 valence electrons. The van der Waals surface area contributed by atoms with Gasteiger partial charge in [0.15, 0.2) is 5.78 Å². The van der Waals surface area contributed by atoms with E-state index in [1.165, 1.54) is 0 Å². The van der Waals surface area contributed by atoms with E-state index < -0.39 is 11.6 Å². The van der Waals surface area contributed by atoms with Crippen LogP contribution in [0.15, 0.2) is 24.3 Å². The molecule has 1 aliphatic rings. The molecule has 1 saturated carbocycles. The average Bonchev–Trinajstić information content (AvgIpc) is 2.36. The monoisotopic (exact) mass is 249 g/mol. The van der Waals surface area contributed by atoms with Crippen molar-refractivity contribution in [3.8, 4) is 5.75 Å². The Hall–Kier alpha value is -1.39. The molecule has 0 aromatic heterocycles. The largest absolute Gasteiger partial charge is 0.497 e. The fraction of sp³-hybridized carbons (Fsp3) is 0.500. The predicted octanol–water partition coefficient (Wildman–Crippen LogP) is 1.21. The summed E-state index contributed by atoms with van der Waals surface area (Å²) in [5, 5.41) is 9.81. The summed E-state index contributed by atoms with van der Waals surface area (Å²) in [4.78, 5) is 12.2. The molecule has 4 heteroatoms. The minimum absolute atomic E-state index is 0.217. The predicted molar refractivity (Wildman–Crippen MR) is 68.3 cm³/mol. The number of hydrogen-bond acceptors (Lipinski definition) is 4. The highest BCUT2D eigenvalue weighted by atomic mass is 16.5. The first kappa shape index (κ1) is 13.1. The molecule has 1 aliphatic carbocycles. The quantitative estimate of drug-likeness (QED) is 0.826. The van der Waals surface area contributed by atoms with Crippen molar-refractivity contribution in [3.63, 3.8) is 0 Å². The number of hydrogen-bond donors (Lipinski definition) is 2. The molecule has 0 aliphatic heterocycles. The number of ether oxygens (including phenoxy) is 1. The number of methoxy groups -OCH3 is 1. The van der Waals surface area contributed by atoms with Crippen LogP contribution in [0.25, 0.3) is 0 Å². The Labute approximate surface area is 107 Å². The van der Waals surface area contributed by atoms with Crippen LogP contribution in [0.1, 0.15) is 25.3 Å². The molecule has 18 heavy (non-hydrogen) atoms. The van der Waals surface area contributed by atoms with Crippen LogP contribution >= 0.6 is 0 Å². The van der Waals surface area contributed by atoms with E-state index in [0.717, 1.165) is 0 Å². The van der Waals surface area contributed by atoms with Gasteiger partial charge in [0.1, 0.15) is 17.4 Å². The van der Waals surface area contributed by atoms with Crippen LogP contribution in [0.2, 0.25) is 0 Å². The second-order valence-corrected chi connectivity index (χ2v) is 5.13. The van der Waals surface area contributed by atoms with E-state index in [1.807, 2.05) is 19.1 Å². The summed E-state index contributed by atoms with van der Waals surface area (Å²) >= 11 is 0. The summed E-state index contributed by atoms with van der Waals surface area (Å²) < 4.78 is 5.15. The lowest BCUT2D eigenvalue weighted by molar-refractivity contribution is -0.137. The molecule has 0 heterocycles. The second kappa shape index (κ2) is 4.71. The average molecular weight is 249 g/mol. The molecule has 0 bridgehead atoms. The van der Waals surface area contributed by atoms with E-state index in [1.54, 1.807) is 19.2 Å². The van der Waals surface area contributed by atoms with Crippen LogP contribution in [0.3, 0.4) is 0 Å². The van der Waals surface area contributed by atoms with E-state index in [2.05, 4.69) is 0 Å². The fourth-order valence-electron chi connectivity index (χ4n) is 2.68. The molecule has 1 aromatic carbocycles. The van der Waals surface area contributed by atoms with Gasteiger partial charge in [-0.1, -0.05) is 19.1 Å². The van der Waals surface area contributed by atoms with E-state index in [-0.39, 0.29) is 11.7 Å². The highest BCUT2D eigenvalue weighted by molar-refractivity contribution is 5.93. The Morgan fingerprint density at radius 2 is 2.22 bits per heavy atom. The third-order valence-corrected chi connectivity index (χ3v) is 3.62. The fourth-order valence-corrected chi connectivity index (χ4v) is 2.68. The highest BCUT2D eigenvalue weighted by Gasteiger charge is 2.45. The lowest BCUT2D eigenvalue weighted by atomic mass is 9.71. The SMILES string of the molecule is COc1cccc([C@]2(N)C[C@@H](C)C[C@@H](O)C2=O)c1. The summed E-state index contributed by atoms with van der Waals surface area (Å²) in [6.07, 6.45) is 0.0719. The molecule has 4 nitrogen and oxygen atoms in total. The third kappa shape index (κ3) is 2.13. The Morgan fingerprint density at radius 1 is 1.50 bits per heavy atom. The van der Waals surface area contributed by atoms with Gasteiger partial charge in [-0.2, -0.15) is 0 Å². The normalized spacial score (nSPS) is 32.3. The summed E-state index contributed by atoms with van der Waals surface area (Å²) in [6.45, 7) is 2.00. The van der Waals surface area contributed by atoms with Crippen LogP contribution < -0.4 is 10.5 Å². The number of ketones is 1. The van der Waals surface area contributed by atoms with Gasteiger partial charge in [-0.25, -0.2) is 0 Å². The van der Waals surface area contributed by atoms with Crippen molar-refractivity contribution in [2.45, 2.75) is 31.4 Å². The number of nitrogens with two attached hydrogens (primary N) is 1. The first-order valence-corrected chi connectivity index (χ1v) is 6.13. The van der Waals surface area contributed by atoms with Gasteiger partial charge in [-0.15, -0.1) is 0 Å². The molecule has 0 spiro atoms. The standard InChI is InChI=1S/C14H19NO3/c1-9-6-12(16)13(17)14(15,8-9)10-4-3-5-11(7-10)18-2/h3-5,7,9,12,16H,6,8,15H2,1-2H3/t9-,12+,14+/m0/s1. The molecule has 0 amide bonds. The van der Waals surface area contributed by atoms with E-state index in [9.17, 15) is 9.90 Å². The third-order valence-electron chi connectivity index (χ3n) is 3.62. The van der Waals surface area contributed by atoms with Crippen LogP contribution in [0.5, 0.6) is 5.75 Å². The van der Waals surface area contributed by atoms with Crippen molar-refractivity contribution >= 4 is 5.78 Å². The van der Waals surface area contributed by atoms with Crippen LogP contribution in [0.4, 0.5) is 0 Å². The number of Topliss-reactive ketones (excluding diaryl/α,β-unsaturated/α-hetero) is 1. The van der Waals surface area contributed by atoms with E-state index >= 15 is 0 Å². The summed E-state index contributed by atoms with van der Waals surface area (Å²) in [5.41, 5.74) is 5.86. The Kier molecular flexibility index (Phi) is 3.41. The van der Waals surface area contributed by atoms with Crippen molar-refractivity contribution in [3.05, 3.63) is 29.8 Å². The van der Waals surface area contributed by atoms with Gasteiger partial charge in [-0.05, 0) is 36.5 Å². The van der Waals surface area contributed by atoms with Crippen LogP contribution in [-0.2, 0) is 10.3 Å². The zero-order chi connectivity index (χ0) is 13.3. The van der Waals surface area contributed by atoms with Crippen molar-refractivity contribution in [1.82, 2.24) is 0 Å². The number of aliphatic hydroxyl groups is 1. The lowest BCUT2D eigenvalue weighted by Crippen LogP contribution is -2.54. The zero-order valence-corrected chi connectivity index (χ0v) is 10.7. The van der Waals surface area contributed by atoms with Crippen molar-refractivity contribution in [2.75, 3.05) is 7.11 Å². The molecule has 1 fully saturated rings. The number of carbonyl (C=O) groups excluding carboxylic acids is 1. The molecule has 1 aromatic rings. The Bertz CT molecular complexity index is 460. The highest BCUT2D eigenvalue weighted by Crippen LogP contribution is 2.36. The second-order valence-electron chi connectivity index (χ2n) is 5.13. The van der Waals surface area contributed by atoms with E-state index in [0.29, 0.717) is 24.2 Å². The minimum atomic E-state index is -1.11. The molecular weight excluding hydrogens is 230 g/mol. The smallest absolute Gasteiger partial charge is 0.185 e. The van der Waals surface area contributed by atoms with Crippen molar-refractivity contribution < 1.29 is 14.6 Å². The molecular formula is C14H19NO3. The van der Waals surface area contributed by atoms with Gasteiger partial charge in [0.05, 0.1) is 7.11 Å². The minimum Gasteiger partial charge on any atom is -0.497 e. The van der Waals surface area contributed by atoms with Gasteiger partial charge in [0.2, 0.25) is 0 Å². The molecule has 0 unspecified atom stereocenters. The van der Waals surface area contributed by atoms with Gasteiger partial charge in [0.25, 0.3) is 0 Å². The Morgan fingerprint density at radius 3 is 2.89 bits per heavy atom. The summed E-state index contributed by atoms with van der Waals surface area (Å²) in [6, 6.07) is 7.19. The number of rotatable bonds is 2. The van der Waals surface area contributed by atoms with Gasteiger partial charge in [-0.3, -0.25) is 4.79 Å². The maximum absolute atomic E-state index is 12.2. The Balaban J connectivity index is 2.41.